The van der Waals surface area contributed by atoms with Crippen LogP contribution in [0.2, 0.25) is 0 Å². The highest BCUT2D eigenvalue weighted by molar-refractivity contribution is 7.66. The Morgan fingerprint density at radius 3 is 1.65 bits per heavy atom. The molecule has 32 heteroatoms. The first kappa shape index (κ1) is 41.5. The summed E-state index contributed by atoms with van der Waals surface area (Å²) >= 11 is 0. The van der Waals surface area contributed by atoms with Crippen LogP contribution in [0.3, 0.4) is 0 Å². The molecule has 2 aliphatic heterocycles. The Labute approximate surface area is 296 Å². The Bertz CT molecular complexity index is 2310. The van der Waals surface area contributed by atoms with Crippen LogP contribution in [0.4, 0.5) is 20.7 Å². The molecule has 13 N–H and O–H groups in total. The number of aliphatic hydroxyl groups is 3. The molecule has 0 spiro atoms. The summed E-state index contributed by atoms with van der Waals surface area (Å²) in [7, 11) is -16.9. The maximum Gasteiger partial charge on any atom is 0.490 e. The Hall–Kier alpha value is -3.63. The summed E-state index contributed by atoms with van der Waals surface area (Å²) in [5, 5.41) is 30.0. The molecule has 4 aromatic heterocycles. The Kier molecular flexibility index (Phi) is 11.1. The Balaban J connectivity index is 0.000000228. The average Bonchev–Trinajstić information content (AvgIpc) is 3.74. The zero-order valence-corrected chi connectivity index (χ0v) is 29.9. The van der Waals surface area contributed by atoms with Crippen LogP contribution in [0.1, 0.15) is 26.3 Å². The fraction of sp³-hybridized carbons (Fsp3) is 0.545. The van der Waals surface area contributed by atoms with Gasteiger partial charge in [0, 0.05) is 0 Å². The van der Waals surface area contributed by atoms with Crippen LogP contribution in [0.25, 0.3) is 22.3 Å². The number of hydrogen-bond acceptors (Lipinski definition) is 19. The van der Waals surface area contributed by atoms with Gasteiger partial charge < -0.3 is 55.8 Å². The first-order chi connectivity index (χ1) is 24.8. The van der Waals surface area contributed by atoms with Crippen LogP contribution >= 0.6 is 23.5 Å². The van der Waals surface area contributed by atoms with Crippen molar-refractivity contribution >= 4 is 57.7 Å². The largest absolute Gasteiger partial charge is 0.490 e. The molecule has 300 valence electrons. The maximum absolute atomic E-state index is 14.9. The van der Waals surface area contributed by atoms with E-state index in [0.29, 0.717) is 0 Å². The zero-order valence-electron chi connectivity index (χ0n) is 27.2. The lowest BCUT2D eigenvalue weighted by atomic mass is 9.98. The minimum Gasteiger partial charge on any atom is -0.394 e. The minimum absolute atomic E-state index is 0.00791. The maximum atomic E-state index is 14.9. The quantitative estimate of drug-likeness (QED) is 0.0749. The fourth-order valence-electron chi connectivity index (χ4n) is 5.42. The van der Waals surface area contributed by atoms with E-state index in [9.17, 15) is 47.2 Å². The van der Waals surface area contributed by atoms with Gasteiger partial charge in [0.15, 0.2) is 47.1 Å². The van der Waals surface area contributed by atoms with Crippen molar-refractivity contribution in [3.63, 3.8) is 0 Å². The van der Waals surface area contributed by atoms with Crippen molar-refractivity contribution < 1.29 is 80.0 Å². The normalized spacial score (nSPS) is 30.9. The SMILES string of the molecule is C[C@@]1(O)[C@H](F)[C@@H](CO)O[C@H]1n1cnc2c(=O)[nH]c(N)nc21.C[C@@]1(O)[C@H](F)[C@@H](COP(=O)(O)OP(=O)(O)OP(=O)(O)O)O[C@H]1n1cnc2c(=O)[nH]c(N)nc21. The fourth-order valence-corrected chi connectivity index (χ4v) is 8.45. The molecular weight excluding hydrogens is 807 g/mol. The van der Waals surface area contributed by atoms with Crippen LogP contribution in [0.15, 0.2) is 22.2 Å². The van der Waals surface area contributed by atoms with E-state index in [2.05, 4.69) is 43.0 Å². The van der Waals surface area contributed by atoms with Crippen LogP contribution in [0.5, 0.6) is 0 Å². The number of aliphatic hydroxyl groups excluding tert-OH is 1. The Morgan fingerprint density at radius 2 is 1.24 bits per heavy atom. The number of phosphoric acid groups is 3. The molecule has 0 saturated carbocycles. The number of fused-ring (bicyclic) bond motifs is 2. The molecule has 2 saturated heterocycles. The van der Waals surface area contributed by atoms with E-state index < -0.39 is 96.0 Å². The number of rotatable bonds is 10. The summed E-state index contributed by atoms with van der Waals surface area (Å²) in [5.74, 6) is -0.449. The van der Waals surface area contributed by atoms with E-state index in [4.69, 9.17) is 40.7 Å². The lowest BCUT2D eigenvalue weighted by Gasteiger charge is -2.26. The number of hydrogen-bond donors (Lipinski definition) is 11. The van der Waals surface area contributed by atoms with Crippen molar-refractivity contribution in [2.45, 2.75) is 62.1 Å². The number of alkyl halides is 2. The van der Waals surface area contributed by atoms with E-state index in [-0.39, 0.29) is 34.2 Å². The third-order valence-corrected chi connectivity index (χ3v) is 11.6. The van der Waals surface area contributed by atoms with Gasteiger partial charge >= 0.3 is 23.5 Å². The van der Waals surface area contributed by atoms with Gasteiger partial charge in [-0.25, -0.2) is 32.4 Å². The summed E-state index contributed by atoms with van der Waals surface area (Å²) < 4.78 is 87.1. The van der Waals surface area contributed by atoms with Crippen molar-refractivity contribution in [3.8, 4) is 0 Å². The first-order valence-electron chi connectivity index (χ1n) is 14.7. The highest BCUT2D eigenvalue weighted by Gasteiger charge is 2.56. The lowest BCUT2D eigenvalue weighted by Crippen LogP contribution is -2.41. The molecule has 0 aliphatic carbocycles. The number of ether oxygens (including phenoxy) is 2. The number of aromatic amines is 2. The zero-order chi connectivity index (χ0) is 40.3. The van der Waals surface area contributed by atoms with Gasteiger partial charge in [-0.1, -0.05) is 0 Å². The molecule has 54 heavy (non-hydrogen) atoms. The molecule has 2 fully saturated rings. The van der Waals surface area contributed by atoms with E-state index in [1.54, 1.807) is 0 Å². The second-order valence-corrected chi connectivity index (χ2v) is 16.3. The molecule has 6 heterocycles. The molecule has 0 amide bonds. The second kappa shape index (κ2) is 14.5. The van der Waals surface area contributed by atoms with Crippen molar-refractivity contribution in [2.75, 3.05) is 24.7 Å². The lowest BCUT2D eigenvalue weighted by molar-refractivity contribution is -0.0892. The minimum atomic E-state index is -5.78. The molecule has 4 aromatic rings. The molecule has 0 radical (unpaired) electrons. The summed E-state index contributed by atoms with van der Waals surface area (Å²) in [6.07, 6.45) is -7.64. The van der Waals surface area contributed by atoms with Gasteiger partial charge in [-0.3, -0.25) is 33.2 Å². The molecular formula is C22H31F2N10O17P3. The average molecular weight is 838 g/mol. The van der Waals surface area contributed by atoms with E-state index in [1.807, 2.05) is 0 Å². The van der Waals surface area contributed by atoms with Gasteiger partial charge in [-0.15, -0.1) is 0 Å². The number of nitrogens with two attached hydrogens (primary N) is 2. The number of phosphoric ester groups is 1. The summed E-state index contributed by atoms with van der Waals surface area (Å²) in [4.78, 5) is 79.2. The standard InChI is InChI=1S/C11H17FN5O13P3.C11H14FN5O4/c1-11(19)6(12)4(2-27-32(23,24)30-33(25,26)29-31(20,21)22)28-9(11)17-3-14-5-7(17)15-10(13)16-8(5)18;1-11(20)6(12)4(2-18)21-9(11)17-3-14-5-7(17)15-10(13)16-8(5)19/h3-4,6,9,19H,2H2,1H3,(H,23,24)(H,25,26)(H2,20,21,22)(H3,13,15,16,18);3-4,6,9,18,20H,2H2,1H3,(H3,13,15,16,19)/t2*4-,6-,9-,11-/m11/s1. The number of halogens is 2. The predicted molar refractivity (Wildman–Crippen MR) is 171 cm³/mol. The van der Waals surface area contributed by atoms with Crippen LogP contribution in [-0.4, -0.2) is 123 Å². The predicted octanol–water partition coefficient (Wildman–Crippen LogP) is -2.29. The number of H-pyrrole nitrogens is 2. The van der Waals surface area contributed by atoms with Gasteiger partial charge in [0.25, 0.3) is 11.1 Å². The van der Waals surface area contributed by atoms with Gasteiger partial charge in [0.2, 0.25) is 11.9 Å². The monoisotopic (exact) mass is 838 g/mol. The number of imidazole rings is 2. The first-order valence-corrected chi connectivity index (χ1v) is 19.2. The summed E-state index contributed by atoms with van der Waals surface area (Å²) in [6, 6.07) is 0. The van der Waals surface area contributed by atoms with E-state index >= 15 is 0 Å². The van der Waals surface area contributed by atoms with Gasteiger partial charge in [0.05, 0.1) is 25.9 Å². The van der Waals surface area contributed by atoms with Crippen molar-refractivity contribution in [1.29, 1.82) is 0 Å². The van der Waals surface area contributed by atoms with E-state index in [0.717, 1.165) is 17.8 Å². The molecule has 0 aromatic carbocycles. The van der Waals surface area contributed by atoms with Gasteiger partial charge in [-0.2, -0.15) is 18.6 Å². The number of anilines is 2. The van der Waals surface area contributed by atoms with Crippen LogP contribution < -0.4 is 22.6 Å². The Morgan fingerprint density at radius 1 is 0.815 bits per heavy atom. The number of aromatic nitrogens is 8. The van der Waals surface area contributed by atoms with Gasteiger partial charge in [-0.05, 0) is 13.8 Å². The topological polar surface area (TPSA) is 418 Å². The number of nitrogen functional groups attached to an aromatic ring is 2. The highest BCUT2D eigenvalue weighted by Crippen LogP contribution is 2.66. The van der Waals surface area contributed by atoms with Crippen LogP contribution in [0, 0.1) is 0 Å². The van der Waals surface area contributed by atoms with Gasteiger partial charge in [0.1, 0.15) is 23.4 Å². The smallest absolute Gasteiger partial charge is 0.394 e. The molecule has 10 atom stereocenters. The molecule has 27 nitrogen and oxygen atoms in total. The molecule has 6 rings (SSSR count). The van der Waals surface area contributed by atoms with Crippen molar-refractivity contribution in [2.24, 2.45) is 0 Å². The van der Waals surface area contributed by atoms with Crippen LogP contribution in [-0.2, 0) is 36.3 Å². The highest BCUT2D eigenvalue weighted by atomic mass is 31.3. The number of nitrogens with one attached hydrogen (secondary N) is 2. The second-order valence-electron chi connectivity index (χ2n) is 11.9. The third-order valence-electron chi connectivity index (χ3n) is 7.78. The molecule has 2 aliphatic rings. The molecule has 2 unspecified atom stereocenters. The third kappa shape index (κ3) is 8.30. The van der Waals surface area contributed by atoms with E-state index in [1.165, 1.54) is 17.8 Å². The summed E-state index contributed by atoms with van der Waals surface area (Å²) in [5.41, 5.74) is 5.08. The molecule has 0 bridgehead atoms. The van der Waals surface area contributed by atoms with Crippen molar-refractivity contribution in [1.82, 2.24) is 39.0 Å². The summed E-state index contributed by atoms with van der Waals surface area (Å²) in [6.45, 7) is 0.493. The number of nitrogens with zero attached hydrogens (tertiary/aromatic N) is 6. The van der Waals surface area contributed by atoms with Crippen molar-refractivity contribution in [3.05, 3.63) is 33.4 Å².